The van der Waals surface area contributed by atoms with Crippen LogP contribution in [0.5, 0.6) is 11.5 Å². The second-order valence-electron chi connectivity index (χ2n) is 9.10. The van der Waals surface area contributed by atoms with Crippen LogP contribution in [0.4, 0.5) is 4.79 Å². The largest absolute Gasteiger partial charge is 0.490 e. The molecule has 1 fully saturated rings. The highest BCUT2D eigenvalue weighted by Crippen LogP contribution is 2.38. The van der Waals surface area contributed by atoms with Gasteiger partial charge in [0.25, 0.3) is 5.91 Å². The number of urea groups is 1. The zero-order valence-electron chi connectivity index (χ0n) is 21.2. The summed E-state index contributed by atoms with van der Waals surface area (Å²) in [5.74, 6) is 0.744. The number of hydrogen-bond acceptors (Lipinski definition) is 4. The van der Waals surface area contributed by atoms with E-state index in [9.17, 15) is 9.59 Å². The second-order valence-corrected chi connectivity index (χ2v) is 9.95. The summed E-state index contributed by atoms with van der Waals surface area (Å²) in [6, 6.07) is 25.4. The number of aryl methyl sites for hydroxylation is 1. The maximum Gasteiger partial charge on any atom is 0.329 e. The van der Waals surface area contributed by atoms with Crippen LogP contribution < -0.4 is 14.8 Å². The van der Waals surface area contributed by atoms with Crippen LogP contribution in [0.1, 0.15) is 29.2 Å². The Hall–Kier alpha value is -4.10. The van der Waals surface area contributed by atoms with Crippen LogP contribution in [0.15, 0.2) is 89.0 Å². The van der Waals surface area contributed by atoms with Crippen LogP contribution >= 0.6 is 15.9 Å². The number of carbonyl (C=O) groups excluding carboxylic acids is 2. The fourth-order valence-electron chi connectivity index (χ4n) is 4.32. The van der Waals surface area contributed by atoms with Gasteiger partial charge in [0.05, 0.1) is 17.6 Å². The molecule has 1 heterocycles. The van der Waals surface area contributed by atoms with E-state index < -0.39 is 6.03 Å². The number of amides is 3. The van der Waals surface area contributed by atoms with Gasteiger partial charge < -0.3 is 14.8 Å². The average Bonchev–Trinajstić information content (AvgIpc) is 3.16. The number of rotatable bonds is 8. The number of ether oxygens (including phenoxy) is 2. The van der Waals surface area contributed by atoms with E-state index in [4.69, 9.17) is 9.47 Å². The molecule has 5 rings (SSSR count). The number of halogens is 1. The zero-order valence-corrected chi connectivity index (χ0v) is 22.7. The summed E-state index contributed by atoms with van der Waals surface area (Å²) in [5, 5.41) is 5.02. The lowest BCUT2D eigenvalue weighted by atomic mass is 10.1. The predicted octanol–water partition coefficient (Wildman–Crippen LogP) is 6.98. The highest BCUT2D eigenvalue weighted by molar-refractivity contribution is 9.10. The molecule has 192 valence electrons. The minimum atomic E-state index is -0.443. The lowest BCUT2D eigenvalue weighted by molar-refractivity contribution is -0.123. The fourth-order valence-corrected chi connectivity index (χ4v) is 4.89. The molecule has 0 radical (unpaired) electrons. The number of imide groups is 1. The Balaban J connectivity index is 1.35. The molecule has 6 nitrogen and oxygen atoms in total. The van der Waals surface area contributed by atoms with E-state index >= 15 is 0 Å². The van der Waals surface area contributed by atoms with Crippen LogP contribution in [0, 0.1) is 6.92 Å². The van der Waals surface area contributed by atoms with Crippen molar-refractivity contribution < 1.29 is 19.1 Å². The van der Waals surface area contributed by atoms with Crippen LogP contribution in [0.3, 0.4) is 0 Å². The normalized spacial score (nSPS) is 14.3. The minimum Gasteiger partial charge on any atom is -0.490 e. The molecule has 0 spiro atoms. The minimum absolute atomic E-state index is 0.206. The SMILES string of the molecule is CCOc1cc(/C=C2/NC(=O)N(Cc3ccc(C)cc3)C2=O)cc(Br)c1OCc1ccc2ccccc2c1. The summed E-state index contributed by atoms with van der Waals surface area (Å²) in [6.07, 6.45) is 1.65. The zero-order chi connectivity index (χ0) is 26.6. The molecular formula is C31H27BrN2O4. The molecule has 0 aromatic heterocycles. The Bertz CT molecular complexity index is 1550. The molecule has 1 N–H and O–H groups in total. The molecular weight excluding hydrogens is 544 g/mol. The Morgan fingerprint density at radius 2 is 1.63 bits per heavy atom. The summed E-state index contributed by atoms with van der Waals surface area (Å²) in [6.45, 7) is 4.91. The Morgan fingerprint density at radius 1 is 0.895 bits per heavy atom. The Labute approximate surface area is 230 Å². The first-order valence-electron chi connectivity index (χ1n) is 12.4. The van der Waals surface area contributed by atoms with E-state index in [2.05, 4.69) is 45.5 Å². The van der Waals surface area contributed by atoms with Crippen LogP contribution in [0.25, 0.3) is 16.8 Å². The molecule has 38 heavy (non-hydrogen) atoms. The average molecular weight is 571 g/mol. The molecule has 0 bridgehead atoms. The van der Waals surface area contributed by atoms with Gasteiger partial charge in [0.1, 0.15) is 12.3 Å². The van der Waals surface area contributed by atoms with E-state index in [0.29, 0.717) is 34.7 Å². The molecule has 1 aliphatic heterocycles. The third-order valence-corrected chi connectivity index (χ3v) is 6.85. The third-order valence-electron chi connectivity index (χ3n) is 6.26. The maximum atomic E-state index is 13.0. The number of fused-ring (bicyclic) bond motifs is 1. The topological polar surface area (TPSA) is 67.9 Å². The first kappa shape index (κ1) is 25.5. The van der Waals surface area contributed by atoms with Crippen LogP contribution in [-0.2, 0) is 17.9 Å². The first-order valence-corrected chi connectivity index (χ1v) is 13.2. The van der Waals surface area contributed by atoms with Crippen molar-refractivity contribution in [3.05, 3.63) is 111 Å². The lowest BCUT2D eigenvalue weighted by Crippen LogP contribution is -2.30. The number of carbonyl (C=O) groups is 2. The van der Waals surface area contributed by atoms with Gasteiger partial charge in [-0.25, -0.2) is 4.79 Å². The maximum absolute atomic E-state index is 13.0. The monoisotopic (exact) mass is 570 g/mol. The summed E-state index contributed by atoms with van der Waals surface area (Å²) in [4.78, 5) is 26.8. The van der Waals surface area contributed by atoms with E-state index in [1.165, 1.54) is 10.3 Å². The van der Waals surface area contributed by atoms with Gasteiger partial charge >= 0.3 is 6.03 Å². The quantitative estimate of drug-likeness (QED) is 0.183. The van der Waals surface area contributed by atoms with Crippen LogP contribution in [0.2, 0.25) is 0 Å². The molecule has 4 aromatic carbocycles. The van der Waals surface area contributed by atoms with Crippen molar-refractivity contribution in [2.24, 2.45) is 0 Å². The summed E-state index contributed by atoms with van der Waals surface area (Å²) in [5.41, 5.74) is 3.94. The van der Waals surface area contributed by atoms with E-state index in [-0.39, 0.29) is 18.1 Å². The molecule has 0 unspecified atom stereocenters. The van der Waals surface area contributed by atoms with Gasteiger partial charge in [-0.15, -0.1) is 0 Å². The van der Waals surface area contributed by atoms with Crippen molar-refractivity contribution in [1.29, 1.82) is 0 Å². The summed E-state index contributed by atoms with van der Waals surface area (Å²) < 4.78 is 12.7. The number of benzene rings is 4. The number of hydrogen-bond donors (Lipinski definition) is 1. The molecule has 1 saturated heterocycles. The van der Waals surface area contributed by atoms with Gasteiger partial charge in [0.15, 0.2) is 11.5 Å². The summed E-state index contributed by atoms with van der Waals surface area (Å²) >= 11 is 3.60. The van der Waals surface area contributed by atoms with Gasteiger partial charge in [-0.3, -0.25) is 9.69 Å². The molecule has 0 atom stereocenters. The highest BCUT2D eigenvalue weighted by atomic mass is 79.9. The van der Waals surface area contributed by atoms with Crippen molar-refractivity contribution in [2.75, 3.05) is 6.61 Å². The van der Waals surface area contributed by atoms with Gasteiger partial charge in [-0.05, 0) is 81.5 Å². The fraction of sp³-hybridized carbons (Fsp3) is 0.161. The van der Waals surface area contributed by atoms with Gasteiger partial charge in [0.2, 0.25) is 0 Å². The van der Waals surface area contributed by atoms with Gasteiger partial charge in [-0.2, -0.15) is 0 Å². The molecule has 0 saturated carbocycles. The number of nitrogens with zero attached hydrogens (tertiary/aromatic N) is 1. The molecule has 1 aliphatic rings. The van der Waals surface area contributed by atoms with Crippen molar-refractivity contribution in [3.8, 4) is 11.5 Å². The molecule has 0 aliphatic carbocycles. The Kier molecular flexibility index (Phi) is 7.47. The van der Waals surface area contributed by atoms with E-state index in [1.807, 2.05) is 62.4 Å². The van der Waals surface area contributed by atoms with Crippen molar-refractivity contribution in [1.82, 2.24) is 10.2 Å². The molecule has 7 heteroatoms. The van der Waals surface area contributed by atoms with Crippen LogP contribution in [-0.4, -0.2) is 23.4 Å². The van der Waals surface area contributed by atoms with Crippen molar-refractivity contribution >= 4 is 44.7 Å². The number of nitrogens with one attached hydrogen (secondary N) is 1. The summed E-state index contributed by atoms with van der Waals surface area (Å²) in [7, 11) is 0. The van der Waals surface area contributed by atoms with Crippen molar-refractivity contribution in [2.45, 2.75) is 27.0 Å². The Morgan fingerprint density at radius 3 is 2.39 bits per heavy atom. The van der Waals surface area contributed by atoms with Gasteiger partial charge in [0, 0.05) is 0 Å². The molecule has 4 aromatic rings. The van der Waals surface area contributed by atoms with Crippen molar-refractivity contribution in [3.63, 3.8) is 0 Å². The second kappa shape index (κ2) is 11.1. The van der Waals surface area contributed by atoms with Gasteiger partial charge in [-0.1, -0.05) is 66.2 Å². The van der Waals surface area contributed by atoms with E-state index in [0.717, 1.165) is 22.1 Å². The molecule has 3 amide bonds. The first-order chi connectivity index (χ1) is 18.4. The third kappa shape index (κ3) is 5.58. The lowest BCUT2D eigenvalue weighted by Gasteiger charge is -2.15. The predicted molar refractivity (Wildman–Crippen MR) is 152 cm³/mol. The van der Waals surface area contributed by atoms with E-state index in [1.54, 1.807) is 12.1 Å². The standard InChI is InChI=1S/C31H27BrN2O4/c1-3-37-28-17-23(16-27-30(35)34(31(36)33-27)18-21-10-8-20(2)9-11-21)15-26(32)29(28)38-19-22-12-13-24-6-4-5-7-25(24)14-22/h4-17H,3,18-19H2,1-2H3,(H,33,36)/b27-16+. The highest BCUT2D eigenvalue weighted by Gasteiger charge is 2.33. The smallest absolute Gasteiger partial charge is 0.329 e.